The van der Waals surface area contributed by atoms with Crippen molar-refractivity contribution in [3.8, 4) is 0 Å². The molecule has 6 nitrogen and oxygen atoms in total. The molecular weight excluding hydrogens is 359 g/mol. The minimum atomic E-state index is -0.381. The molecule has 1 atom stereocenters. The van der Waals surface area contributed by atoms with Gasteiger partial charge in [-0.25, -0.2) is 14.2 Å². The maximum absolute atomic E-state index is 13.2. The number of fused-ring (bicyclic) bond motifs is 1. The highest BCUT2D eigenvalue weighted by atomic mass is 19.1. The van der Waals surface area contributed by atoms with Gasteiger partial charge in [-0.15, -0.1) is 0 Å². The van der Waals surface area contributed by atoms with Crippen molar-refractivity contribution in [1.29, 1.82) is 0 Å². The quantitative estimate of drug-likeness (QED) is 0.698. The van der Waals surface area contributed by atoms with Gasteiger partial charge in [-0.05, 0) is 49.2 Å². The Balaban J connectivity index is 1.73. The predicted octanol–water partition coefficient (Wildman–Crippen LogP) is 2.50. The SMILES string of the molecule is Cn1c(=O)c2ccc([C@H]3CCCCN3Cc3ccc(F)cc3)nc2n(C)c1=O. The highest BCUT2D eigenvalue weighted by Crippen LogP contribution is 2.31. The Hall–Kier alpha value is -2.80. The van der Waals surface area contributed by atoms with Crippen LogP contribution in [0.2, 0.25) is 0 Å². The second-order valence-corrected chi connectivity index (χ2v) is 7.42. The summed E-state index contributed by atoms with van der Waals surface area (Å²) in [6.45, 7) is 1.64. The molecule has 1 fully saturated rings. The molecule has 1 aliphatic rings. The highest BCUT2D eigenvalue weighted by molar-refractivity contribution is 5.74. The number of piperidine rings is 1. The van der Waals surface area contributed by atoms with Gasteiger partial charge in [0, 0.05) is 20.6 Å². The Morgan fingerprint density at radius 2 is 1.79 bits per heavy atom. The summed E-state index contributed by atoms with van der Waals surface area (Å²) in [5, 5.41) is 0.439. The molecular formula is C21H23FN4O2. The first-order valence-corrected chi connectivity index (χ1v) is 9.51. The normalized spacial score (nSPS) is 17.9. The zero-order chi connectivity index (χ0) is 19.8. The fraction of sp³-hybridized carbons (Fsp3) is 0.381. The fourth-order valence-electron chi connectivity index (χ4n) is 3.99. The molecule has 1 aliphatic heterocycles. The van der Waals surface area contributed by atoms with E-state index in [-0.39, 0.29) is 23.1 Å². The zero-order valence-electron chi connectivity index (χ0n) is 16.1. The Morgan fingerprint density at radius 1 is 1.04 bits per heavy atom. The van der Waals surface area contributed by atoms with Crippen molar-refractivity contribution in [3.63, 3.8) is 0 Å². The summed E-state index contributed by atoms with van der Waals surface area (Å²) in [5.41, 5.74) is 1.61. The van der Waals surface area contributed by atoms with Gasteiger partial charge in [-0.3, -0.25) is 18.8 Å². The minimum Gasteiger partial charge on any atom is -0.291 e. The van der Waals surface area contributed by atoms with Gasteiger partial charge in [0.15, 0.2) is 0 Å². The number of hydrogen-bond donors (Lipinski definition) is 0. The van der Waals surface area contributed by atoms with Crippen LogP contribution in [0.1, 0.15) is 36.6 Å². The van der Waals surface area contributed by atoms with Crippen LogP contribution in [-0.2, 0) is 20.6 Å². The monoisotopic (exact) mass is 382 g/mol. The molecule has 0 bridgehead atoms. The third kappa shape index (κ3) is 3.26. The number of hydrogen-bond acceptors (Lipinski definition) is 4. The van der Waals surface area contributed by atoms with E-state index in [0.717, 1.165) is 41.6 Å². The maximum atomic E-state index is 13.2. The van der Waals surface area contributed by atoms with E-state index in [1.807, 2.05) is 18.2 Å². The topological polar surface area (TPSA) is 60.1 Å². The van der Waals surface area contributed by atoms with Crippen molar-refractivity contribution >= 4 is 11.0 Å². The molecule has 0 radical (unpaired) electrons. The predicted molar refractivity (Wildman–Crippen MR) is 106 cm³/mol. The third-order valence-corrected chi connectivity index (χ3v) is 5.58. The van der Waals surface area contributed by atoms with Crippen molar-refractivity contribution in [2.24, 2.45) is 14.1 Å². The molecule has 3 aromatic rings. The van der Waals surface area contributed by atoms with Crippen molar-refractivity contribution in [1.82, 2.24) is 19.0 Å². The summed E-state index contributed by atoms with van der Waals surface area (Å²) in [6.07, 6.45) is 3.16. The maximum Gasteiger partial charge on any atom is 0.332 e. The first-order valence-electron chi connectivity index (χ1n) is 9.51. The van der Waals surface area contributed by atoms with Gasteiger partial charge in [0.25, 0.3) is 5.56 Å². The van der Waals surface area contributed by atoms with Gasteiger partial charge in [-0.2, -0.15) is 0 Å². The lowest BCUT2D eigenvalue weighted by molar-refractivity contribution is 0.137. The minimum absolute atomic E-state index is 0.0994. The lowest BCUT2D eigenvalue weighted by atomic mass is 9.97. The van der Waals surface area contributed by atoms with Crippen LogP contribution in [0.5, 0.6) is 0 Å². The number of rotatable bonds is 3. The fourth-order valence-corrected chi connectivity index (χ4v) is 3.99. The van der Waals surface area contributed by atoms with Gasteiger partial charge in [-0.1, -0.05) is 18.6 Å². The Labute approximate surface area is 161 Å². The number of aryl methyl sites for hydroxylation is 1. The first kappa shape index (κ1) is 18.6. The largest absolute Gasteiger partial charge is 0.332 e. The van der Waals surface area contributed by atoms with Gasteiger partial charge in [0.1, 0.15) is 11.5 Å². The van der Waals surface area contributed by atoms with E-state index in [9.17, 15) is 14.0 Å². The molecule has 2 aromatic heterocycles. The van der Waals surface area contributed by atoms with E-state index in [1.54, 1.807) is 13.1 Å². The average Bonchev–Trinajstić information content (AvgIpc) is 2.72. The zero-order valence-corrected chi connectivity index (χ0v) is 16.1. The van der Waals surface area contributed by atoms with E-state index < -0.39 is 0 Å². The summed E-state index contributed by atoms with van der Waals surface area (Å²) in [5.74, 6) is -0.238. The summed E-state index contributed by atoms with van der Waals surface area (Å²) in [7, 11) is 3.11. The molecule has 0 N–H and O–H groups in total. The third-order valence-electron chi connectivity index (χ3n) is 5.58. The van der Waals surface area contributed by atoms with Crippen molar-refractivity contribution < 1.29 is 4.39 Å². The number of aromatic nitrogens is 3. The molecule has 0 amide bonds. The number of likely N-dealkylation sites (tertiary alicyclic amines) is 1. The Morgan fingerprint density at radius 3 is 2.54 bits per heavy atom. The van der Waals surface area contributed by atoms with Crippen molar-refractivity contribution in [2.45, 2.75) is 31.8 Å². The van der Waals surface area contributed by atoms with Crippen molar-refractivity contribution in [3.05, 3.63) is 74.3 Å². The number of pyridine rings is 1. The number of halogens is 1. The Bertz CT molecular complexity index is 1130. The molecule has 0 unspecified atom stereocenters. The first-order chi connectivity index (χ1) is 13.5. The van der Waals surface area contributed by atoms with Crippen molar-refractivity contribution in [2.75, 3.05) is 6.54 Å². The molecule has 3 heterocycles. The molecule has 1 saturated heterocycles. The van der Waals surface area contributed by atoms with Crippen LogP contribution in [-0.4, -0.2) is 25.6 Å². The van der Waals surface area contributed by atoms with Crippen LogP contribution in [0.3, 0.4) is 0 Å². The summed E-state index contributed by atoms with van der Waals surface area (Å²) < 4.78 is 15.7. The lowest BCUT2D eigenvalue weighted by Gasteiger charge is -2.35. The van der Waals surface area contributed by atoms with Crippen LogP contribution in [0.15, 0.2) is 46.0 Å². The summed E-state index contributed by atoms with van der Waals surface area (Å²) in [6, 6.07) is 10.3. The summed E-state index contributed by atoms with van der Waals surface area (Å²) in [4.78, 5) is 31.7. The summed E-state index contributed by atoms with van der Waals surface area (Å²) >= 11 is 0. The highest BCUT2D eigenvalue weighted by Gasteiger charge is 2.26. The van der Waals surface area contributed by atoms with Gasteiger partial charge in [0.2, 0.25) is 0 Å². The van der Waals surface area contributed by atoms with E-state index in [0.29, 0.717) is 17.6 Å². The lowest BCUT2D eigenvalue weighted by Crippen LogP contribution is -2.38. The van der Waals surface area contributed by atoms with E-state index in [4.69, 9.17) is 4.98 Å². The average molecular weight is 382 g/mol. The molecule has 146 valence electrons. The second kappa shape index (κ2) is 7.31. The van der Waals surface area contributed by atoms with Crippen LogP contribution >= 0.6 is 0 Å². The van der Waals surface area contributed by atoms with Crippen LogP contribution in [0.4, 0.5) is 4.39 Å². The molecule has 0 aliphatic carbocycles. The van der Waals surface area contributed by atoms with Crippen LogP contribution < -0.4 is 11.2 Å². The van der Waals surface area contributed by atoms with Crippen LogP contribution in [0.25, 0.3) is 11.0 Å². The molecule has 0 saturated carbocycles. The smallest absolute Gasteiger partial charge is 0.291 e. The van der Waals surface area contributed by atoms with E-state index in [1.165, 1.54) is 23.7 Å². The van der Waals surface area contributed by atoms with E-state index in [2.05, 4.69) is 4.90 Å². The number of benzene rings is 1. The second-order valence-electron chi connectivity index (χ2n) is 7.42. The molecule has 28 heavy (non-hydrogen) atoms. The molecule has 1 aromatic carbocycles. The molecule has 0 spiro atoms. The van der Waals surface area contributed by atoms with Gasteiger partial charge >= 0.3 is 5.69 Å². The number of nitrogens with zero attached hydrogens (tertiary/aromatic N) is 4. The molecule has 4 rings (SSSR count). The van der Waals surface area contributed by atoms with Crippen LogP contribution in [0, 0.1) is 5.82 Å². The standard InChI is InChI=1S/C21H23FN4O2/c1-24-19-16(20(27)25(2)21(24)28)10-11-17(23-19)18-5-3-4-12-26(18)13-14-6-8-15(22)9-7-14/h6-11,18H,3-5,12-13H2,1-2H3/t18-/m1/s1. The Kier molecular flexibility index (Phi) is 4.85. The van der Waals surface area contributed by atoms with Gasteiger partial charge < -0.3 is 0 Å². The van der Waals surface area contributed by atoms with E-state index >= 15 is 0 Å². The van der Waals surface area contributed by atoms with Gasteiger partial charge in [0.05, 0.1) is 17.1 Å². The molecule has 7 heteroatoms.